The second kappa shape index (κ2) is 5.82. The van der Waals surface area contributed by atoms with Crippen LogP contribution in [0.25, 0.3) is 0 Å². The fraction of sp³-hybridized carbons (Fsp3) is 0.308. The van der Waals surface area contributed by atoms with Crippen molar-refractivity contribution in [2.24, 2.45) is 0 Å². The second-order valence-corrected chi connectivity index (χ2v) is 3.26. The van der Waals surface area contributed by atoms with Crippen molar-refractivity contribution in [3.05, 3.63) is 29.8 Å². The summed E-state index contributed by atoms with van der Waals surface area (Å²) >= 11 is 0. The fourth-order valence-corrected chi connectivity index (χ4v) is 1.42. The molecule has 84 valence electrons. The van der Waals surface area contributed by atoms with E-state index in [9.17, 15) is 4.79 Å². The zero-order valence-electron chi connectivity index (χ0n) is 9.56. The van der Waals surface area contributed by atoms with E-state index in [2.05, 4.69) is 10.7 Å². The molecule has 0 bridgehead atoms. The summed E-state index contributed by atoms with van der Waals surface area (Å²) in [5, 5.41) is 0. The van der Waals surface area contributed by atoms with Crippen LogP contribution in [0.2, 0.25) is 0 Å². The molecule has 1 aromatic rings. The van der Waals surface area contributed by atoms with Gasteiger partial charge in [-0.05, 0) is 31.2 Å². The maximum Gasteiger partial charge on any atom is 0.337 e. The van der Waals surface area contributed by atoms with Crippen LogP contribution in [-0.4, -0.2) is 26.2 Å². The van der Waals surface area contributed by atoms with Crippen molar-refractivity contribution in [3.63, 3.8) is 0 Å². The number of rotatable bonds is 4. The summed E-state index contributed by atoms with van der Waals surface area (Å²) in [5.74, 6) is 2.27. The molecular weight excluding hydrogens is 202 g/mol. The Bertz CT molecular complexity index is 389. The van der Waals surface area contributed by atoms with Gasteiger partial charge >= 0.3 is 5.97 Å². The maximum absolute atomic E-state index is 11.2. The number of methoxy groups -OCH3 is 1. The first-order valence-corrected chi connectivity index (χ1v) is 5.09. The molecule has 0 aliphatic rings. The molecule has 0 N–H and O–H groups in total. The van der Waals surface area contributed by atoms with Gasteiger partial charge < -0.3 is 9.64 Å². The molecule has 1 aromatic carbocycles. The van der Waals surface area contributed by atoms with E-state index in [4.69, 9.17) is 6.42 Å². The molecule has 0 aliphatic heterocycles. The van der Waals surface area contributed by atoms with Crippen LogP contribution in [-0.2, 0) is 4.74 Å². The predicted molar refractivity (Wildman–Crippen MR) is 64.5 cm³/mol. The third-order valence-electron chi connectivity index (χ3n) is 2.32. The Hall–Kier alpha value is -1.95. The lowest BCUT2D eigenvalue weighted by atomic mass is 10.2. The zero-order chi connectivity index (χ0) is 12.0. The van der Waals surface area contributed by atoms with Crippen LogP contribution in [0.4, 0.5) is 5.69 Å². The van der Waals surface area contributed by atoms with E-state index in [1.54, 1.807) is 12.1 Å². The van der Waals surface area contributed by atoms with Gasteiger partial charge in [0, 0.05) is 12.2 Å². The van der Waals surface area contributed by atoms with Gasteiger partial charge in [-0.3, -0.25) is 0 Å². The van der Waals surface area contributed by atoms with E-state index < -0.39 is 0 Å². The highest BCUT2D eigenvalue weighted by atomic mass is 16.5. The number of ether oxygens (including phenoxy) is 1. The molecule has 0 saturated heterocycles. The molecule has 0 unspecified atom stereocenters. The third-order valence-corrected chi connectivity index (χ3v) is 2.32. The average molecular weight is 217 g/mol. The van der Waals surface area contributed by atoms with Crippen LogP contribution in [0.3, 0.4) is 0 Å². The number of carbonyl (C=O) groups excluding carboxylic acids is 1. The molecule has 0 aromatic heterocycles. The van der Waals surface area contributed by atoms with Gasteiger partial charge in [0.05, 0.1) is 19.2 Å². The molecular formula is C13H15NO2. The Morgan fingerprint density at radius 2 is 2.06 bits per heavy atom. The van der Waals surface area contributed by atoms with Crippen molar-refractivity contribution in [1.29, 1.82) is 0 Å². The molecule has 0 aliphatic carbocycles. The Morgan fingerprint density at radius 1 is 1.44 bits per heavy atom. The van der Waals surface area contributed by atoms with Crippen molar-refractivity contribution in [1.82, 2.24) is 0 Å². The molecule has 3 heteroatoms. The number of terminal acetylenes is 1. The van der Waals surface area contributed by atoms with Crippen LogP contribution < -0.4 is 4.90 Å². The minimum atomic E-state index is -0.327. The summed E-state index contributed by atoms with van der Waals surface area (Å²) in [6, 6.07) is 7.21. The number of hydrogen-bond acceptors (Lipinski definition) is 3. The SMILES string of the molecule is C#CCN(CC)c1ccc(C(=O)OC)cc1. The van der Waals surface area contributed by atoms with Crippen molar-refractivity contribution < 1.29 is 9.53 Å². The Labute approximate surface area is 96.0 Å². The Morgan fingerprint density at radius 3 is 2.50 bits per heavy atom. The van der Waals surface area contributed by atoms with Gasteiger partial charge in [0.1, 0.15) is 0 Å². The van der Waals surface area contributed by atoms with Gasteiger partial charge in [-0.25, -0.2) is 4.79 Å². The highest BCUT2D eigenvalue weighted by molar-refractivity contribution is 5.89. The molecule has 0 atom stereocenters. The van der Waals surface area contributed by atoms with E-state index >= 15 is 0 Å². The Balaban J connectivity index is 2.85. The van der Waals surface area contributed by atoms with Crippen LogP contribution in [0.1, 0.15) is 17.3 Å². The van der Waals surface area contributed by atoms with Crippen LogP contribution in [0.15, 0.2) is 24.3 Å². The van der Waals surface area contributed by atoms with E-state index in [1.165, 1.54) is 7.11 Å². The van der Waals surface area contributed by atoms with Crippen LogP contribution in [0, 0.1) is 12.3 Å². The molecule has 1 rings (SSSR count). The summed E-state index contributed by atoms with van der Waals surface area (Å²) in [7, 11) is 1.37. The van der Waals surface area contributed by atoms with E-state index in [-0.39, 0.29) is 5.97 Å². The summed E-state index contributed by atoms with van der Waals surface area (Å²) < 4.78 is 4.63. The number of carbonyl (C=O) groups is 1. The van der Waals surface area contributed by atoms with Gasteiger partial charge in [-0.1, -0.05) is 5.92 Å². The number of nitrogens with zero attached hydrogens (tertiary/aromatic N) is 1. The highest BCUT2D eigenvalue weighted by Gasteiger charge is 2.06. The van der Waals surface area contributed by atoms with Crippen LogP contribution in [0.5, 0.6) is 0 Å². The molecule has 0 amide bonds. The average Bonchev–Trinajstić information content (AvgIpc) is 2.35. The second-order valence-electron chi connectivity index (χ2n) is 3.26. The summed E-state index contributed by atoms with van der Waals surface area (Å²) in [6.07, 6.45) is 5.28. The smallest absolute Gasteiger partial charge is 0.337 e. The monoisotopic (exact) mass is 217 g/mol. The zero-order valence-corrected chi connectivity index (χ0v) is 9.56. The first kappa shape index (κ1) is 12.1. The fourth-order valence-electron chi connectivity index (χ4n) is 1.42. The van der Waals surface area contributed by atoms with E-state index in [0.717, 1.165) is 12.2 Å². The van der Waals surface area contributed by atoms with Gasteiger partial charge in [0.15, 0.2) is 0 Å². The highest BCUT2D eigenvalue weighted by Crippen LogP contribution is 2.15. The lowest BCUT2D eigenvalue weighted by Gasteiger charge is -2.20. The first-order chi connectivity index (χ1) is 7.72. The van der Waals surface area contributed by atoms with Crippen molar-refractivity contribution in [2.45, 2.75) is 6.92 Å². The lowest BCUT2D eigenvalue weighted by molar-refractivity contribution is 0.0601. The predicted octanol–water partition coefficient (Wildman–Crippen LogP) is 1.93. The van der Waals surface area contributed by atoms with E-state index in [0.29, 0.717) is 12.1 Å². The minimum absolute atomic E-state index is 0.327. The molecule has 3 nitrogen and oxygen atoms in total. The Kier molecular flexibility index (Phi) is 4.41. The standard InChI is InChI=1S/C13H15NO2/c1-4-10-14(5-2)12-8-6-11(7-9-12)13(15)16-3/h1,6-9H,5,10H2,2-3H3. The maximum atomic E-state index is 11.2. The van der Waals surface area contributed by atoms with E-state index in [1.807, 2.05) is 24.0 Å². The number of hydrogen-bond donors (Lipinski definition) is 0. The quantitative estimate of drug-likeness (QED) is 0.570. The number of benzene rings is 1. The van der Waals surface area contributed by atoms with Gasteiger partial charge in [-0.2, -0.15) is 0 Å². The largest absolute Gasteiger partial charge is 0.465 e. The minimum Gasteiger partial charge on any atom is -0.465 e. The summed E-state index contributed by atoms with van der Waals surface area (Å²) in [4.78, 5) is 13.3. The van der Waals surface area contributed by atoms with Gasteiger partial charge in [-0.15, -0.1) is 6.42 Å². The number of esters is 1. The topological polar surface area (TPSA) is 29.5 Å². The van der Waals surface area contributed by atoms with Crippen molar-refractivity contribution in [3.8, 4) is 12.3 Å². The van der Waals surface area contributed by atoms with Gasteiger partial charge in [0.25, 0.3) is 0 Å². The van der Waals surface area contributed by atoms with Crippen LogP contribution >= 0.6 is 0 Å². The molecule has 0 fully saturated rings. The number of anilines is 1. The molecule has 16 heavy (non-hydrogen) atoms. The molecule has 0 heterocycles. The summed E-state index contributed by atoms with van der Waals surface area (Å²) in [5.41, 5.74) is 1.55. The van der Waals surface area contributed by atoms with Crippen molar-refractivity contribution in [2.75, 3.05) is 25.1 Å². The first-order valence-electron chi connectivity index (χ1n) is 5.09. The molecule has 0 spiro atoms. The van der Waals surface area contributed by atoms with Crippen molar-refractivity contribution >= 4 is 11.7 Å². The molecule has 0 saturated carbocycles. The van der Waals surface area contributed by atoms with Gasteiger partial charge in [0.2, 0.25) is 0 Å². The third kappa shape index (κ3) is 2.77. The summed E-state index contributed by atoms with van der Waals surface area (Å²) in [6.45, 7) is 3.43. The molecule has 0 radical (unpaired) electrons. The normalized spacial score (nSPS) is 9.31. The lowest BCUT2D eigenvalue weighted by Crippen LogP contribution is -2.22.